The van der Waals surface area contributed by atoms with E-state index in [1.165, 1.54) is 31.2 Å². The Morgan fingerprint density at radius 3 is 2.64 bits per heavy atom. The molecule has 1 saturated carbocycles. The van der Waals surface area contributed by atoms with E-state index in [1.54, 1.807) is 0 Å². The largest absolute Gasteiger partial charge is 0.324 e. The normalized spacial score (nSPS) is 19.9. The van der Waals surface area contributed by atoms with Crippen LogP contribution in [0.1, 0.15) is 43.0 Å². The zero-order chi connectivity index (χ0) is 9.97. The SMILES string of the molecule is Cc1ccc(C(N)C2CCCC2)cn1. The van der Waals surface area contributed by atoms with Crippen LogP contribution in [0.15, 0.2) is 18.3 Å². The highest BCUT2D eigenvalue weighted by Gasteiger charge is 2.23. The second-order valence-electron chi connectivity index (χ2n) is 4.30. The van der Waals surface area contributed by atoms with E-state index in [0.29, 0.717) is 5.92 Å². The van der Waals surface area contributed by atoms with Crippen molar-refractivity contribution in [2.24, 2.45) is 11.7 Å². The summed E-state index contributed by atoms with van der Waals surface area (Å²) in [6.45, 7) is 2.00. The molecule has 1 aliphatic rings. The highest BCUT2D eigenvalue weighted by atomic mass is 14.7. The van der Waals surface area contributed by atoms with Crippen molar-refractivity contribution in [2.45, 2.75) is 38.6 Å². The van der Waals surface area contributed by atoms with Crippen molar-refractivity contribution in [3.63, 3.8) is 0 Å². The molecule has 2 heteroatoms. The maximum absolute atomic E-state index is 6.21. The third-order valence-electron chi connectivity index (χ3n) is 3.23. The van der Waals surface area contributed by atoms with Crippen LogP contribution in [0.5, 0.6) is 0 Å². The number of aromatic nitrogens is 1. The molecule has 2 rings (SSSR count). The van der Waals surface area contributed by atoms with Crippen LogP contribution in [-0.2, 0) is 0 Å². The molecule has 2 nitrogen and oxygen atoms in total. The molecule has 1 aromatic heterocycles. The van der Waals surface area contributed by atoms with Gasteiger partial charge in [0.2, 0.25) is 0 Å². The van der Waals surface area contributed by atoms with Crippen LogP contribution in [-0.4, -0.2) is 4.98 Å². The maximum Gasteiger partial charge on any atom is 0.0372 e. The third kappa shape index (κ3) is 1.95. The minimum Gasteiger partial charge on any atom is -0.324 e. The number of nitrogens with zero attached hydrogens (tertiary/aromatic N) is 1. The molecule has 1 atom stereocenters. The van der Waals surface area contributed by atoms with E-state index in [-0.39, 0.29) is 6.04 Å². The van der Waals surface area contributed by atoms with Gasteiger partial charge >= 0.3 is 0 Å². The smallest absolute Gasteiger partial charge is 0.0372 e. The molecule has 1 aromatic rings. The van der Waals surface area contributed by atoms with Gasteiger partial charge in [0, 0.05) is 17.9 Å². The number of nitrogens with two attached hydrogens (primary N) is 1. The average molecular weight is 190 g/mol. The quantitative estimate of drug-likeness (QED) is 0.778. The molecule has 1 unspecified atom stereocenters. The van der Waals surface area contributed by atoms with Crippen LogP contribution in [0.25, 0.3) is 0 Å². The molecule has 0 amide bonds. The molecule has 0 aromatic carbocycles. The Morgan fingerprint density at radius 1 is 1.36 bits per heavy atom. The van der Waals surface area contributed by atoms with Gasteiger partial charge in [-0.15, -0.1) is 0 Å². The minimum absolute atomic E-state index is 0.200. The molecule has 0 radical (unpaired) electrons. The van der Waals surface area contributed by atoms with Crippen molar-refractivity contribution >= 4 is 0 Å². The third-order valence-corrected chi connectivity index (χ3v) is 3.23. The van der Waals surface area contributed by atoms with Crippen LogP contribution in [0.2, 0.25) is 0 Å². The van der Waals surface area contributed by atoms with Crippen molar-refractivity contribution < 1.29 is 0 Å². The van der Waals surface area contributed by atoms with Gasteiger partial charge in [0.15, 0.2) is 0 Å². The fourth-order valence-corrected chi connectivity index (χ4v) is 2.27. The number of hydrogen-bond donors (Lipinski definition) is 1. The standard InChI is InChI=1S/C12H18N2/c1-9-6-7-11(8-14-9)12(13)10-4-2-3-5-10/h6-8,10,12H,2-5,13H2,1H3. The highest BCUT2D eigenvalue weighted by Crippen LogP contribution is 2.33. The predicted octanol–water partition coefficient (Wildman–Crippen LogP) is 2.58. The van der Waals surface area contributed by atoms with E-state index in [2.05, 4.69) is 11.1 Å². The van der Waals surface area contributed by atoms with E-state index in [4.69, 9.17) is 5.73 Å². The molecule has 0 bridgehead atoms. The number of aryl methyl sites for hydroxylation is 1. The highest BCUT2D eigenvalue weighted by molar-refractivity contribution is 5.17. The van der Waals surface area contributed by atoms with Crippen LogP contribution < -0.4 is 5.73 Å². The van der Waals surface area contributed by atoms with Gasteiger partial charge in [-0.2, -0.15) is 0 Å². The first-order chi connectivity index (χ1) is 6.77. The van der Waals surface area contributed by atoms with E-state index < -0.39 is 0 Å². The first-order valence-corrected chi connectivity index (χ1v) is 5.45. The molecular formula is C12H18N2. The average Bonchev–Trinajstić information content (AvgIpc) is 2.71. The van der Waals surface area contributed by atoms with Crippen molar-refractivity contribution in [1.29, 1.82) is 0 Å². The zero-order valence-electron chi connectivity index (χ0n) is 8.74. The molecule has 0 spiro atoms. The van der Waals surface area contributed by atoms with E-state index in [9.17, 15) is 0 Å². The summed E-state index contributed by atoms with van der Waals surface area (Å²) in [4.78, 5) is 4.29. The van der Waals surface area contributed by atoms with Gasteiger partial charge < -0.3 is 5.73 Å². The number of rotatable bonds is 2. The van der Waals surface area contributed by atoms with Gasteiger partial charge in [-0.05, 0) is 37.3 Å². The number of pyridine rings is 1. The molecule has 76 valence electrons. The van der Waals surface area contributed by atoms with Crippen LogP contribution in [0.3, 0.4) is 0 Å². The first-order valence-electron chi connectivity index (χ1n) is 5.45. The van der Waals surface area contributed by atoms with Crippen molar-refractivity contribution in [1.82, 2.24) is 4.98 Å². The molecule has 1 aliphatic carbocycles. The fraction of sp³-hybridized carbons (Fsp3) is 0.583. The maximum atomic E-state index is 6.21. The van der Waals surface area contributed by atoms with Crippen LogP contribution in [0, 0.1) is 12.8 Å². The summed E-state index contributed by atoms with van der Waals surface area (Å²) in [5.41, 5.74) is 8.47. The lowest BCUT2D eigenvalue weighted by Gasteiger charge is -2.18. The van der Waals surface area contributed by atoms with E-state index in [0.717, 1.165) is 5.69 Å². The van der Waals surface area contributed by atoms with Gasteiger partial charge in [-0.25, -0.2) is 0 Å². The second kappa shape index (κ2) is 4.09. The lowest BCUT2D eigenvalue weighted by molar-refractivity contribution is 0.444. The lowest BCUT2D eigenvalue weighted by Crippen LogP contribution is -2.19. The molecule has 1 fully saturated rings. The molecular weight excluding hydrogens is 172 g/mol. The lowest BCUT2D eigenvalue weighted by atomic mass is 9.93. The Labute approximate surface area is 85.5 Å². The summed E-state index contributed by atoms with van der Waals surface area (Å²) in [5, 5.41) is 0. The molecule has 14 heavy (non-hydrogen) atoms. The summed E-state index contributed by atoms with van der Waals surface area (Å²) in [6.07, 6.45) is 7.19. The molecule has 2 N–H and O–H groups in total. The molecule has 0 saturated heterocycles. The summed E-state index contributed by atoms with van der Waals surface area (Å²) in [7, 11) is 0. The summed E-state index contributed by atoms with van der Waals surface area (Å²) in [5.74, 6) is 0.680. The number of hydrogen-bond acceptors (Lipinski definition) is 2. The van der Waals surface area contributed by atoms with E-state index >= 15 is 0 Å². The van der Waals surface area contributed by atoms with Crippen molar-refractivity contribution in [3.05, 3.63) is 29.6 Å². The Hall–Kier alpha value is -0.890. The summed E-state index contributed by atoms with van der Waals surface area (Å²) < 4.78 is 0. The van der Waals surface area contributed by atoms with Crippen molar-refractivity contribution in [3.8, 4) is 0 Å². The first kappa shape index (κ1) is 9.66. The van der Waals surface area contributed by atoms with E-state index in [1.807, 2.05) is 19.2 Å². The second-order valence-corrected chi connectivity index (χ2v) is 4.30. The summed E-state index contributed by atoms with van der Waals surface area (Å²) in [6, 6.07) is 4.36. The molecule has 0 aliphatic heterocycles. The van der Waals surface area contributed by atoms with Crippen LogP contribution >= 0.6 is 0 Å². The van der Waals surface area contributed by atoms with Gasteiger partial charge in [-0.1, -0.05) is 18.9 Å². The zero-order valence-corrected chi connectivity index (χ0v) is 8.74. The Bertz CT molecular complexity index is 286. The van der Waals surface area contributed by atoms with Gasteiger partial charge in [-0.3, -0.25) is 4.98 Å². The van der Waals surface area contributed by atoms with Crippen molar-refractivity contribution in [2.75, 3.05) is 0 Å². The summed E-state index contributed by atoms with van der Waals surface area (Å²) >= 11 is 0. The monoisotopic (exact) mass is 190 g/mol. The van der Waals surface area contributed by atoms with Gasteiger partial charge in [0.05, 0.1) is 0 Å². The Kier molecular flexibility index (Phi) is 2.82. The topological polar surface area (TPSA) is 38.9 Å². The van der Waals surface area contributed by atoms with Gasteiger partial charge in [0.25, 0.3) is 0 Å². The minimum atomic E-state index is 0.200. The van der Waals surface area contributed by atoms with Gasteiger partial charge in [0.1, 0.15) is 0 Å². The van der Waals surface area contributed by atoms with Crippen LogP contribution in [0.4, 0.5) is 0 Å². The fourth-order valence-electron chi connectivity index (χ4n) is 2.27. The Balaban J connectivity index is 2.09. The Morgan fingerprint density at radius 2 is 2.07 bits per heavy atom. The molecule has 1 heterocycles. The predicted molar refractivity (Wildman–Crippen MR) is 57.9 cm³/mol.